The summed E-state index contributed by atoms with van der Waals surface area (Å²) in [7, 11) is 0. The summed E-state index contributed by atoms with van der Waals surface area (Å²) in [6.45, 7) is 6.32. The van der Waals surface area contributed by atoms with Crippen LogP contribution in [0.4, 0.5) is 5.82 Å². The first-order valence-electron chi connectivity index (χ1n) is 5.96. The molecular formula is C11H17ClN4O2. The molecule has 100 valence electrons. The third-order valence-corrected chi connectivity index (χ3v) is 3.17. The summed E-state index contributed by atoms with van der Waals surface area (Å²) in [5.41, 5.74) is -0.326. The van der Waals surface area contributed by atoms with E-state index in [9.17, 15) is 4.79 Å². The fourth-order valence-corrected chi connectivity index (χ4v) is 2.09. The minimum absolute atomic E-state index is 0.103. The van der Waals surface area contributed by atoms with Crippen molar-refractivity contribution in [1.82, 2.24) is 14.9 Å². The minimum Gasteiger partial charge on any atom is -0.379 e. The van der Waals surface area contributed by atoms with E-state index in [0.29, 0.717) is 5.82 Å². The molecule has 0 saturated carbocycles. The lowest BCUT2D eigenvalue weighted by molar-refractivity contribution is 0.0368. The Kier molecular flexibility index (Phi) is 4.57. The molecule has 1 aliphatic rings. The molecule has 0 aliphatic carbocycles. The van der Waals surface area contributed by atoms with Gasteiger partial charge in [0.1, 0.15) is 5.02 Å². The average Bonchev–Trinajstić information content (AvgIpc) is 2.36. The van der Waals surface area contributed by atoms with E-state index < -0.39 is 0 Å². The van der Waals surface area contributed by atoms with E-state index in [2.05, 4.69) is 20.2 Å². The second kappa shape index (κ2) is 6.17. The summed E-state index contributed by atoms with van der Waals surface area (Å²) in [4.78, 5) is 20.1. The van der Waals surface area contributed by atoms with Gasteiger partial charge in [0.05, 0.1) is 19.5 Å². The molecule has 6 nitrogen and oxygen atoms in total. The van der Waals surface area contributed by atoms with E-state index in [1.807, 2.05) is 6.92 Å². The Balaban J connectivity index is 1.92. The number of aromatic amines is 1. The van der Waals surface area contributed by atoms with E-state index in [-0.39, 0.29) is 16.6 Å². The van der Waals surface area contributed by atoms with E-state index in [4.69, 9.17) is 16.3 Å². The highest BCUT2D eigenvalue weighted by Crippen LogP contribution is 2.13. The molecule has 0 amide bonds. The van der Waals surface area contributed by atoms with E-state index in [0.717, 1.165) is 32.8 Å². The van der Waals surface area contributed by atoms with Crippen LogP contribution in [0.2, 0.25) is 5.02 Å². The third kappa shape index (κ3) is 3.44. The van der Waals surface area contributed by atoms with Crippen LogP contribution in [0.25, 0.3) is 0 Å². The summed E-state index contributed by atoms with van der Waals surface area (Å²) in [5.74, 6) is 0.432. The number of hydrogen-bond acceptors (Lipinski definition) is 5. The van der Waals surface area contributed by atoms with Crippen LogP contribution in [0.15, 0.2) is 11.1 Å². The van der Waals surface area contributed by atoms with Crippen molar-refractivity contribution in [3.05, 3.63) is 21.7 Å². The van der Waals surface area contributed by atoms with Crippen molar-refractivity contribution in [3.8, 4) is 0 Å². The van der Waals surface area contributed by atoms with Crippen LogP contribution in [0.1, 0.15) is 6.92 Å². The first-order valence-corrected chi connectivity index (χ1v) is 6.34. The molecule has 0 aromatic carbocycles. The lowest BCUT2D eigenvalue weighted by atomic mass is 10.3. The number of morpholine rings is 1. The van der Waals surface area contributed by atoms with Gasteiger partial charge in [0, 0.05) is 25.7 Å². The molecule has 2 heterocycles. The largest absolute Gasteiger partial charge is 0.379 e. The van der Waals surface area contributed by atoms with Crippen LogP contribution in [0.3, 0.4) is 0 Å². The molecule has 2 rings (SSSR count). The zero-order valence-electron chi connectivity index (χ0n) is 10.3. The van der Waals surface area contributed by atoms with Crippen molar-refractivity contribution in [3.63, 3.8) is 0 Å². The van der Waals surface area contributed by atoms with Gasteiger partial charge in [0.2, 0.25) is 0 Å². The van der Waals surface area contributed by atoms with Crippen molar-refractivity contribution < 1.29 is 4.74 Å². The van der Waals surface area contributed by atoms with Gasteiger partial charge in [-0.1, -0.05) is 11.6 Å². The molecule has 2 N–H and O–H groups in total. The number of rotatable bonds is 4. The molecule has 1 unspecified atom stereocenters. The minimum atomic E-state index is -0.326. The predicted octanol–water partition coefficient (Wildman–Crippen LogP) is 0.556. The van der Waals surface area contributed by atoms with Crippen LogP contribution in [0, 0.1) is 0 Å². The van der Waals surface area contributed by atoms with Crippen molar-refractivity contribution in [1.29, 1.82) is 0 Å². The van der Waals surface area contributed by atoms with Crippen LogP contribution < -0.4 is 10.9 Å². The summed E-state index contributed by atoms with van der Waals surface area (Å²) >= 11 is 5.88. The van der Waals surface area contributed by atoms with Crippen molar-refractivity contribution in [2.75, 3.05) is 38.2 Å². The highest BCUT2D eigenvalue weighted by molar-refractivity contribution is 6.32. The van der Waals surface area contributed by atoms with Gasteiger partial charge in [-0.2, -0.15) is 0 Å². The second-order valence-electron chi connectivity index (χ2n) is 4.35. The van der Waals surface area contributed by atoms with Crippen LogP contribution in [-0.2, 0) is 4.74 Å². The Morgan fingerprint density at radius 3 is 3.06 bits per heavy atom. The molecule has 1 aromatic heterocycles. The smallest absolute Gasteiger partial charge is 0.271 e. The molecule has 1 saturated heterocycles. The SMILES string of the molecule is CC(CN1CCOCC1)Nc1nc[nH]c(=O)c1Cl. The maximum Gasteiger partial charge on any atom is 0.271 e. The molecule has 18 heavy (non-hydrogen) atoms. The van der Waals surface area contributed by atoms with Gasteiger partial charge in [-0.25, -0.2) is 4.98 Å². The highest BCUT2D eigenvalue weighted by atomic mass is 35.5. The normalized spacial score (nSPS) is 18.6. The second-order valence-corrected chi connectivity index (χ2v) is 4.73. The zero-order valence-corrected chi connectivity index (χ0v) is 11.0. The number of ether oxygens (including phenoxy) is 1. The number of nitrogens with one attached hydrogen (secondary N) is 2. The highest BCUT2D eigenvalue weighted by Gasteiger charge is 2.15. The quantitative estimate of drug-likeness (QED) is 0.838. The van der Waals surface area contributed by atoms with Crippen LogP contribution >= 0.6 is 11.6 Å². The van der Waals surface area contributed by atoms with Crippen molar-refractivity contribution >= 4 is 17.4 Å². The maximum atomic E-state index is 11.3. The Morgan fingerprint density at radius 1 is 1.61 bits per heavy atom. The Morgan fingerprint density at radius 2 is 2.33 bits per heavy atom. The van der Waals surface area contributed by atoms with Gasteiger partial charge in [-0.05, 0) is 6.92 Å². The number of H-pyrrole nitrogens is 1. The number of nitrogens with zero attached hydrogens (tertiary/aromatic N) is 2. The lowest BCUT2D eigenvalue weighted by Crippen LogP contribution is -2.42. The summed E-state index contributed by atoms with van der Waals surface area (Å²) in [6, 6.07) is 0.162. The summed E-state index contributed by atoms with van der Waals surface area (Å²) in [5, 5.41) is 3.26. The Labute approximate surface area is 110 Å². The van der Waals surface area contributed by atoms with Crippen molar-refractivity contribution in [2.45, 2.75) is 13.0 Å². The van der Waals surface area contributed by atoms with Crippen LogP contribution in [-0.4, -0.2) is 53.8 Å². The molecule has 1 aromatic rings. The number of halogens is 1. The number of aromatic nitrogens is 2. The first kappa shape index (κ1) is 13.3. The van der Waals surface area contributed by atoms with E-state index in [1.54, 1.807) is 0 Å². The van der Waals surface area contributed by atoms with Gasteiger partial charge in [0.25, 0.3) is 5.56 Å². The molecule has 1 fully saturated rings. The molecular weight excluding hydrogens is 256 g/mol. The first-order chi connectivity index (χ1) is 8.66. The Hall–Kier alpha value is -1.11. The average molecular weight is 273 g/mol. The van der Waals surface area contributed by atoms with E-state index >= 15 is 0 Å². The Bertz CT molecular complexity index is 445. The number of anilines is 1. The fourth-order valence-electron chi connectivity index (χ4n) is 1.93. The molecule has 0 spiro atoms. The van der Waals surface area contributed by atoms with Gasteiger partial charge in [-0.15, -0.1) is 0 Å². The molecule has 0 radical (unpaired) electrons. The van der Waals surface area contributed by atoms with Gasteiger partial charge >= 0.3 is 0 Å². The van der Waals surface area contributed by atoms with Gasteiger partial charge in [0.15, 0.2) is 5.82 Å². The zero-order chi connectivity index (χ0) is 13.0. The van der Waals surface area contributed by atoms with Gasteiger partial charge in [-0.3, -0.25) is 9.69 Å². The fraction of sp³-hybridized carbons (Fsp3) is 0.636. The number of hydrogen-bond donors (Lipinski definition) is 2. The van der Waals surface area contributed by atoms with Crippen LogP contribution in [0.5, 0.6) is 0 Å². The molecule has 0 bridgehead atoms. The molecule has 7 heteroatoms. The molecule has 1 aliphatic heterocycles. The lowest BCUT2D eigenvalue weighted by Gasteiger charge is -2.29. The summed E-state index contributed by atoms with van der Waals surface area (Å²) < 4.78 is 5.29. The predicted molar refractivity (Wildman–Crippen MR) is 70.2 cm³/mol. The topological polar surface area (TPSA) is 70.2 Å². The summed E-state index contributed by atoms with van der Waals surface area (Å²) in [6.07, 6.45) is 1.35. The van der Waals surface area contributed by atoms with Gasteiger partial charge < -0.3 is 15.0 Å². The molecule has 1 atom stereocenters. The third-order valence-electron chi connectivity index (χ3n) is 2.82. The maximum absolute atomic E-state index is 11.3. The monoisotopic (exact) mass is 272 g/mol. The van der Waals surface area contributed by atoms with Crippen molar-refractivity contribution in [2.24, 2.45) is 0 Å². The standard InChI is InChI=1S/C11H17ClN4O2/c1-8(6-16-2-4-18-5-3-16)15-10-9(12)11(17)14-7-13-10/h7-8H,2-6H2,1H3,(H2,13,14,15,17). The van der Waals surface area contributed by atoms with E-state index in [1.165, 1.54) is 6.33 Å².